The molecule has 1 N–H and O–H groups in total. The van der Waals surface area contributed by atoms with Crippen molar-refractivity contribution in [1.82, 2.24) is 14.1 Å². The highest BCUT2D eigenvalue weighted by molar-refractivity contribution is 7.90. The molecule has 15 heavy (non-hydrogen) atoms. The van der Waals surface area contributed by atoms with Gasteiger partial charge in [0.1, 0.15) is 9.84 Å². The largest absolute Gasteiger partial charge is 0.309 e. The third-order valence-corrected chi connectivity index (χ3v) is 3.43. The van der Waals surface area contributed by atoms with E-state index in [-0.39, 0.29) is 11.8 Å². The summed E-state index contributed by atoms with van der Waals surface area (Å²) in [6.45, 7) is 2.76. The first kappa shape index (κ1) is 12.5. The van der Waals surface area contributed by atoms with Crippen LogP contribution in [0.25, 0.3) is 0 Å². The van der Waals surface area contributed by atoms with Gasteiger partial charge in [0.25, 0.3) is 0 Å². The Morgan fingerprint density at radius 2 is 2.33 bits per heavy atom. The van der Waals surface area contributed by atoms with Crippen LogP contribution in [-0.4, -0.2) is 35.7 Å². The van der Waals surface area contributed by atoms with Gasteiger partial charge in [-0.3, -0.25) is 0 Å². The Hall–Kier alpha value is -0.530. The quantitative estimate of drug-likeness (QED) is 0.800. The molecule has 0 bridgehead atoms. The molecule has 0 fully saturated rings. The van der Waals surface area contributed by atoms with Crippen molar-refractivity contribution >= 4 is 21.6 Å². The maximum Gasteiger partial charge on any atom is 0.147 e. The molecule has 1 rings (SSSR count). The van der Waals surface area contributed by atoms with E-state index in [2.05, 4.69) is 14.1 Å². The van der Waals surface area contributed by atoms with E-state index in [1.54, 1.807) is 6.20 Å². The number of aromatic nitrogens is 2. The molecule has 7 heteroatoms. The first-order valence-electron chi connectivity index (χ1n) is 4.71. The number of sulfone groups is 1. The zero-order valence-corrected chi connectivity index (χ0v) is 10.4. The molecule has 0 aliphatic heterocycles. The molecule has 0 amide bonds. The van der Waals surface area contributed by atoms with Crippen molar-refractivity contribution in [2.45, 2.75) is 19.4 Å². The standard InChI is InChI=1S/C8H15N3O2S2/c1-3-9-7(4-5-15(2,12)13)8-6-10-14-11-8/h6-7,9H,3-5H2,1-2H3. The molecule has 1 atom stereocenters. The zero-order chi connectivity index (χ0) is 11.3. The predicted molar refractivity (Wildman–Crippen MR) is 60.7 cm³/mol. The van der Waals surface area contributed by atoms with Gasteiger partial charge in [0.05, 0.1) is 35.4 Å². The number of rotatable bonds is 6. The maximum absolute atomic E-state index is 11.0. The van der Waals surface area contributed by atoms with Crippen LogP contribution in [0.4, 0.5) is 0 Å². The van der Waals surface area contributed by atoms with E-state index in [1.807, 2.05) is 6.92 Å². The van der Waals surface area contributed by atoms with Crippen molar-refractivity contribution in [3.63, 3.8) is 0 Å². The molecule has 0 radical (unpaired) electrons. The first-order chi connectivity index (χ1) is 7.03. The van der Waals surface area contributed by atoms with Crippen LogP contribution in [-0.2, 0) is 9.84 Å². The molecular formula is C8H15N3O2S2. The lowest BCUT2D eigenvalue weighted by Crippen LogP contribution is -2.23. The fourth-order valence-electron chi connectivity index (χ4n) is 1.26. The maximum atomic E-state index is 11.0. The number of hydrogen-bond donors (Lipinski definition) is 1. The van der Waals surface area contributed by atoms with E-state index in [1.165, 1.54) is 6.26 Å². The topological polar surface area (TPSA) is 72.0 Å². The van der Waals surface area contributed by atoms with Crippen LogP contribution in [0.3, 0.4) is 0 Å². The minimum Gasteiger partial charge on any atom is -0.309 e. The Morgan fingerprint density at radius 3 is 2.80 bits per heavy atom. The van der Waals surface area contributed by atoms with Crippen molar-refractivity contribution < 1.29 is 8.42 Å². The van der Waals surface area contributed by atoms with E-state index in [0.29, 0.717) is 6.42 Å². The van der Waals surface area contributed by atoms with Gasteiger partial charge in [-0.1, -0.05) is 6.92 Å². The summed E-state index contributed by atoms with van der Waals surface area (Å²) in [5, 5.41) is 3.20. The second-order valence-electron chi connectivity index (χ2n) is 3.36. The monoisotopic (exact) mass is 249 g/mol. The molecule has 0 aliphatic rings. The number of nitrogens with zero attached hydrogens (tertiary/aromatic N) is 2. The van der Waals surface area contributed by atoms with Crippen LogP contribution in [0.5, 0.6) is 0 Å². The highest BCUT2D eigenvalue weighted by Gasteiger charge is 2.15. The fourth-order valence-corrected chi connectivity index (χ4v) is 2.39. The highest BCUT2D eigenvalue weighted by Crippen LogP contribution is 2.15. The molecule has 0 aromatic carbocycles. The molecular weight excluding hydrogens is 234 g/mol. The van der Waals surface area contributed by atoms with Crippen molar-refractivity contribution in [1.29, 1.82) is 0 Å². The Morgan fingerprint density at radius 1 is 1.60 bits per heavy atom. The van der Waals surface area contributed by atoms with E-state index in [4.69, 9.17) is 0 Å². The second-order valence-corrected chi connectivity index (χ2v) is 6.18. The highest BCUT2D eigenvalue weighted by atomic mass is 32.2. The summed E-state index contributed by atoms with van der Waals surface area (Å²) >= 11 is 1.14. The Bertz CT molecular complexity index is 375. The lowest BCUT2D eigenvalue weighted by Gasteiger charge is -2.14. The first-order valence-corrected chi connectivity index (χ1v) is 7.50. The van der Waals surface area contributed by atoms with Crippen LogP contribution < -0.4 is 5.32 Å². The smallest absolute Gasteiger partial charge is 0.147 e. The van der Waals surface area contributed by atoms with Crippen molar-refractivity contribution in [2.75, 3.05) is 18.6 Å². The van der Waals surface area contributed by atoms with Gasteiger partial charge in [-0.15, -0.1) is 0 Å². The van der Waals surface area contributed by atoms with Gasteiger partial charge in [0, 0.05) is 6.26 Å². The van der Waals surface area contributed by atoms with Crippen LogP contribution in [0, 0.1) is 0 Å². The molecule has 5 nitrogen and oxygen atoms in total. The Balaban J connectivity index is 2.60. The SMILES string of the molecule is CCNC(CCS(C)(=O)=O)c1cnsn1. The lowest BCUT2D eigenvalue weighted by atomic mass is 10.2. The van der Waals surface area contributed by atoms with Gasteiger partial charge in [-0.25, -0.2) is 8.42 Å². The van der Waals surface area contributed by atoms with Gasteiger partial charge in [-0.2, -0.15) is 8.75 Å². The van der Waals surface area contributed by atoms with Gasteiger partial charge < -0.3 is 5.32 Å². The average molecular weight is 249 g/mol. The summed E-state index contributed by atoms with van der Waals surface area (Å²) < 4.78 is 30.1. The molecule has 0 spiro atoms. The molecule has 1 heterocycles. The van der Waals surface area contributed by atoms with Crippen LogP contribution >= 0.6 is 11.7 Å². The van der Waals surface area contributed by atoms with E-state index >= 15 is 0 Å². The average Bonchev–Trinajstić information content (AvgIpc) is 2.63. The molecule has 1 unspecified atom stereocenters. The van der Waals surface area contributed by atoms with E-state index in [0.717, 1.165) is 24.0 Å². The molecule has 0 aliphatic carbocycles. The number of nitrogens with one attached hydrogen (secondary N) is 1. The normalized spacial score (nSPS) is 14.0. The molecule has 0 saturated heterocycles. The Labute approximate surface area is 94.2 Å². The summed E-state index contributed by atoms with van der Waals surface area (Å²) in [6, 6.07) is -0.0107. The van der Waals surface area contributed by atoms with Crippen molar-refractivity contribution in [2.24, 2.45) is 0 Å². The third kappa shape index (κ3) is 4.67. The summed E-state index contributed by atoms with van der Waals surface area (Å²) in [5.41, 5.74) is 0.825. The third-order valence-electron chi connectivity index (χ3n) is 1.96. The van der Waals surface area contributed by atoms with Gasteiger partial charge in [-0.05, 0) is 13.0 Å². The van der Waals surface area contributed by atoms with Gasteiger partial charge in [0.2, 0.25) is 0 Å². The predicted octanol–water partition coefficient (Wildman–Crippen LogP) is 0.623. The van der Waals surface area contributed by atoms with Crippen LogP contribution in [0.1, 0.15) is 25.1 Å². The summed E-state index contributed by atoms with van der Waals surface area (Å²) in [5.74, 6) is 0.169. The van der Waals surface area contributed by atoms with Crippen molar-refractivity contribution in [3.05, 3.63) is 11.9 Å². The van der Waals surface area contributed by atoms with Crippen molar-refractivity contribution in [3.8, 4) is 0 Å². The fraction of sp³-hybridized carbons (Fsp3) is 0.750. The Kier molecular flexibility index (Phi) is 4.62. The molecule has 1 aromatic heterocycles. The number of hydrogen-bond acceptors (Lipinski definition) is 6. The molecule has 0 saturated carbocycles. The minimum absolute atomic E-state index is 0.0107. The lowest BCUT2D eigenvalue weighted by molar-refractivity contribution is 0.522. The van der Waals surface area contributed by atoms with E-state index < -0.39 is 9.84 Å². The zero-order valence-electron chi connectivity index (χ0n) is 8.80. The molecule has 86 valence electrons. The second kappa shape index (κ2) is 5.53. The summed E-state index contributed by atoms with van der Waals surface area (Å²) in [7, 11) is -2.91. The van der Waals surface area contributed by atoms with Crippen LogP contribution in [0.2, 0.25) is 0 Å². The van der Waals surface area contributed by atoms with Gasteiger partial charge >= 0.3 is 0 Å². The van der Waals surface area contributed by atoms with E-state index in [9.17, 15) is 8.42 Å². The van der Waals surface area contributed by atoms with Gasteiger partial charge in [0.15, 0.2) is 0 Å². The minimum atomic E-state index is -2.91. The summed E-state index contributed by atoms with van der Waals surface area (Å²) in [4.78, 5) is 0. The summed E-state index contributed by atoms with van der Waals surface area (Å²) in [6.07, 6.45) is 3.47. The molecule has 1 aromatic rings. The van der Waals surface area contributed by atoms with Crippen LogP contribution in [0.15, 0.2) is 6.20 Å².